The van der Waals surface area contributed by atoms with Crippen molar-refractivity contribution in [3.63, 3.8) is 0 Å². The van der Waals surface area contributed by atoms with Gasteiger partial charge in [-0.15, -0.1) is 0 Å². The summed E-state index contributed by atoms with van der Waals surface area (Å²) < 4.78 is 25.1. The quantitative estimate of drug-likeness (QED) is 0.511. The number of methoxy groups -OCH3 is 1. The maximum atomic E-state index is 14.3. The summed E-state index contributed by atoms with van der Waals surface area (Å²) in [6.45, 7) is 2.12. The number of ether oxygens (including phenoxy) is 2. The molecule has 0 radical (unpaired) electrons. The van der Waals surface area contributed by atoms with E-state index in [1.165, 1.54) is 6.07 Å². The molecule has 4 rings (SSSR count). The Labute approximate surface area is 191 Å². The molecule has 0 bridgehead atoms. The molecule has 0 saturated carbocycles. The molecule has 0 aliphatic carbocycles. The standard InChI is InChI=1S/C26H23FN2O4/c1-3-33-22-11-7-6-10-21(22)28-24-23(17-12-14-19(32-2)15-13-17)25(30)29(26(24)31)16-18-8-4-5-9-20(18)27/h4-15,28H,3,16H2,1-2H3. The van der Waals surface area contributed by atoms with Crippen LogP contribution in [0, 0.1) is 5.82 Å². The van der Waals surface area contributed by atoms with Crippen LogP contribution >= 0.6 is 0 Å². The summed E-state index contributed by atoms with van der Waals surface area (Å²) in [7, 11) is 1.55. The van der Waals surface area contributed by atoms with E-state index in [2.05, 4.69) is 5.32 Å². The van der Waals surface area contributed by atoms with Crippen LogP contribution < -0.4 is 14.8 Å². The van der Waals surface area contributed by atoms with E-state index in [1.807, 2.05) is 13.0 Å². The van der Waals surface area contributed by atoms with E-state index in [4.69, 9.17) is 9.47 Å². The third-order valence-corrected chi connectivity index (χ3v) is 5.28. The molecule has 1 aliphatic heterocycles. The Balaban J connectivity index is 1.76. The summed E-state index contributed by atoms with van der Waals surface area (Å²) in [6.07, 6.45) is 0. The van der Waals surface area contributed by atoms with E-state index < -0.39 is 17.6 Å². The zero-order chi connectivity index (χ0) is 23.4. The summed E-state index contributed by atoms with van der Waals surface area (Å²) in [5.74, 6) is -0.359. The van der Waals surface area contributed by atoms with Gasteiger partial charge in [0.15, 0.2) is 0 Å². The predicted octanol–water partition coefficient (Wildman–Crippen LogP) is 4.63. The van der Waals surface area contributed by atoms with Crippen LogP contribution in [0.3, 0.4) is 0 Å². The second-order valence-corrected chi connectivity index (χ2v) is 7.32. The summed E-state index contributed by atoms with van der Waals surface area (Å²) in [6, 6.07) is 20.1. The van der Waals surface area contributed by atoms with Gasteiger partial charge in [-0.3, -0.25) is 14.5 Å². The van der Waals surface area contributed by atoms with Gasteiger partial charge >= 0.3 is 0 Å². The Morgan fingerprint density at radius 1 is 0.909 bits per heavy atom. The Morgan fingerprint density at radius 2 is 1.61 bits per heavy atom. The van der Waals surface area contributed by atoms with Gasteiger partial charge in [-0.2, -0.15) is 0 Å². The van der Waals surface area contributed by atoms with E-state index in [-0.39, 0.29) is 23.4 Å². The number of carbonyl (C=O) groups excluding carboxylic acids is 2. The minimum absolute atomic E-state index is 0.105. The van der Waals surface area contributed by atoms with Gasteiger partial charge in [0.2, 0.25) is 0 Å². The topological polar surface area (TPSA) is 67.9 Å². The lowest BCUT2D eigenvalue weighted by molar-refractivity contribution is -0.137. The predicted molar refractivity (Wildman–Crippen MR) is 123 cm³/mol. The van der Waals surface area contributed by atoms with Crippen LogP contribution in [-0.2, 0) is 16.1 Å². The molecular formula is C26H23FN2O4. The molecule has 33 heavy (non-hydrogen) atoms. The highest BCUT2D eigenvalue weighted by atomic mass is 19.1. The molecule has 0 aromatic heterocycles. The number of halogens is 1. The molecule has 0 spiro atoms. The smallest absolute Gasteiger partial charge is 0.278 e. The van der Waals surface area contributed by atoms with Crippen molar-refractivity contribution in [1.29, 1.82) is 0 Å². The SMILES string of the molecule is CCOc1ccccc1NC1=C(c2ccc(OC)cc2)C(=O)N(Cc2ccccc2F)C1=O. The first-order chi connectivity index (χ1) is 16.0. The van der Waals surface area contributed by atoms with Crippen LogP contribution in [0.25, 0.3) is 5.57 Å². The molecule has 0 unspecified atom stereocenters. The van der Waals surface area contributed by atoms with Crippen LogP contribution in [-0.4, -0.2) is 30.4 Å². The lowest BCUT2D eigenvalue weighted by Crippen LogP contribution is -2.32. The first kappa shape index (κ1) is 22.1. The zero-order valence-corrected chi connectivity index (χ0v) is 18.3. The van der Waals surface area contributed by atoms with Gasteiger partial charge in [0.25, 0.3) is 11.8 Å². The van der Waals surface area contributed by atoms with Crippen molar-refractivity contribution in [2.24, 2.45) is 0 Å². The normalized spacial score (nSPS) is 13.5. The molecule has 1 N–H and O–H groups in total. The number of carbonyl (C=O) groups is 2. The molecule has 2 amide bonds. The highest BCUT2D eigenvalue weighted by Crippen LogP contribution is 2.34. The molecule has 168 valence electrons. The Kier molecular flexibility index (Phi) is 6.40. The molecule has 0 fully saturated rings. The first-order valence-electron chi connectivity index (χ1n) is 10.5. The van der Waals surface area contributed by atoms with Crippen molar-refractivity contribution in [2.75, 3.05) is 19.0 Å². The molecule has 0 atom stereocenters. The molecule has 6 nitrogen and oxygen atoms in total. The number of hydrogen-bond acceptors (Lipinski definition) is 5. The number of rotatable bonds is 8. The molecular weight excluding hydrogens is 423 g/mol. The largest absolute Gasteiger partial charge is 0.497 e. The number of imide groups is 1. The van der Waals surface area contributed by atoms with Crippen molar-refractivity contribution in [2.45, 2.75) is 13.5 Å². The fraction of sp³-hybridized carbons (Fsp3) is 0.154. The Bertz CT molecular complexity index is 1220. The van der Waals surface area contributed by atoms with Crippen molar-refractivity contribution < 1.29 is 23.5 Å². The maximum Gasteiger partial charge on any atom is 0.278 e. The molecule has 3 aromatic rings. The Morgan fingerprint density at radius 3 is 2.30 bits per heavy atom. The highest BCUT2D eigenvalue weighted by molar-refractivity contribution is 6.36. The van der Waals surface area contributed by atoms with E-state index in [9.17, 15) is 14.0 Å². The summed E-state index contributed by atoms with van der Waals surface area (Å²) in [5.41, 5.74) is 1.65. The lowest BCUT2D eigenvalue weighted by atomic mass is 10.0. The molecule has 1 aliphatic rings. The number of anilines is 1. The van der Waals surface area contributed by atoms with E-state index in [0.717, 1.165) is 4.90 Å². The minimum atomic E-state index is -0.541. The van der Waals surface area contributed by atoms with Gasteiger partial charge in [0.1, 0.15) is 23.0 Å². The molecule has 7 heteroatoms. The van der Waals surface area contributed by atoms with Crippen LogP contribution in [0.15, 0.2) is 78.5 Å². The van der Waals surface area contributed by atoms with Gasteiger partial charge in [0.05, 0.1) is 31.5 Å². The van der Waals surface area contributed by atoms with Gasteiger partial charge in [-0.1, -0.05) is 42.5 Å². The molecule has 0 saturated heterocycles. The zero-order valence-electron chi connectivity index (χ0n) is 18.3. The monoisotopic (exact) mass is 446 g/mol. The number of nitrogens with one attached hydrogen (secondary N) is 1. The second-order valence-electron chi connectivity index (χ2n) is 7.32. The molecule has 3 aromatic carbocycles. The number of nitrogens with zero attached hydrogens (tertiary/aromatic N) is 1. The number of para-hydroxylation sites is 2. The summed E-state index contributed by atoms with van der Waals surface area (Å²) >= 11 is 0. The number of hydrogen-bond donors (Lipinski definition) is 1. The summed E-state index contributed by atoms with van der Waals surface area (Å²) in [5, 5.41) is 3.10. The third-order valence-electron chi connectivity index (χ3n) is 5.28. The van der Waals surface area contributed by atoms with E-state index in [1.54, 1.807) is 67.8 Å². The van der Waals surface area contributed by atoms with Crippen molar-refractivity contribution in [3.8, 4) is 11.5 Å². The number of amides is 2. The Hall–Kier alpha value is -4.13. The highest BCUT2D eigenvalue weighted by Gasteiger charge is 2.39. The minimum Gasteiger partial charge on any atom is -0.497 e. The third kappa shape index (κ3) is 4.43. The van der Waals surface area contributed by atoms with Crippen molar-refractivity contribution in [3.05, 3.63) is 95.4 Å². The summed E-state index contributed by atoms with van der Waals surface area (Å²) in [4.78, 5) is 27.9. The first-order valence-corrected chi connectivity index (χ1v) is 10.5. The number of benzene rings is 3. The van der Waals surface area contributed by atoms with E-state index >= 15 is 0 Å². The lowest BCUT2D eigenvalue weighted by Gasteiger charge is -2.16. The molecule has 1 heterocycles. The maximum absolute atomic E-state index is 14.3. The van der Waals surface area contributed by atoms with Gasteiger partial charge in [0, 0.05) is 5.56 Å². The van der Waals surface area contributed by atoms with Gasteiger partial charge in [-0.25, -0.2) is 4.39 Å². The second kappa shape index (κ2) is 9.56. The van der Waals surface area contributed by atoms with Crippen LogP contribution in [0.5, 0.6) is 11.5 Å². The van der Waals surface area contributed by atoms with Crippen molar-refractivity contribution >= 4 is 23.1 Å². The van der Waals surface area contributed by atoms with Crippen LogP contribution in [0.4, 0.5) is 10.1 Å². The van der Waals surface area contributed by atoms with Gasteiger partial charge in [-0.05, 0) is 42.8 Å². The fourth-order valence-corrected chi connectivity index (χ4v) is 3.64. The van der Waals surface area contributed by atoms with Crippen molar-refractivity contribution in [1.82, 2.24) is 4.90 Å². The van der Waals surface area contributed by atoms with Crippen LogP contribution in [0.2, 0.25) is 0 Å². The average molecular weight is 446 g/mol. The van der Waals surface area contributed by atoms with Gasteiger partial charge < -0.3 is 14.8 Å². The van der Waals surface area contributed by atoms with E-state index in [0.29, 0.717) is 29.4 Å². The fourth-order valence-electron chi connectivity index (χ4n) is 3.64. The van der Waals surface area contributed by atoms with Crippen LogP contribution in [0.1, 0.15) is 18.1 Å². The average Bonchev–Trinajstić information content (AvgIpc) is 3.06.